The van der Waals surface area contributed by atoms with Crippen LogP contribution in [0.3, 0.4) is 0 Å². The average Bonchev–Trinajstić information content (AvgIpc) is 3.44. The van der Waals surface area contributed by atoms with Crippen LogP contribution in [-0.4, -0.2) is 43.8 Å². The number of hydrogen-bond acceptors (Lipinski definition) is 4. The normalized spacial score (nSPS) is 14.5. The van der Waals surface area contributed by atoms with Crippen LogP contribution in [0, 0.1) is 19.7 Å². The number of hydrogen-bond donors (Lipinski definition) is 1. The summed E-state index contributed by atoms with van der Waals surface area (Å²) in [6.45, 7) is 4.80. The minimum absolute atomic E-state index is 0.0576. The van der Waals surface area contributed by atoms with Gasteiger partial charge in [-0.3, -0.25) is 13.9 Å². The molecule has 1 aliphatic rings. The van der Waals surface area contributed by atoms with Crippen molar-refractivity contribution in [2.24, 2.45) is 0 Å². The van der Waals surface area contributed by atoms with Gasteiger partial charge in [0.25, 0.3) is 10.0 Å². The second-order valence-electron chi connectivity index (χ2n) is 10.4. The van der Waals surface area contributed by atoms with Crippen LogP contribution < -0.4 is 9.62 Å². The molecular weight excluding hydrogens is 529 g/mol. The first-order valence-electron chi connectivity index (χ1n) is 13.6. The zero-order chi connectivity index (χ0) is 28.9. The summed E-state index contributed by atoms with van der Waals surface area (Å²) in [4.78, 5) is 28.6. The van der Waals surface area contributed by atoms with Crippen molar-refractivity contribution >= 4 is 27.5 Å². The van der Waals surface area contributed by atoms with Gasteiger partial charge in [-0.2, -0.15) is 0 Å². The lowest BCUT2D eigenvalue weighted by molar-refractivity contribution is -0.139. The first-order valence-corrected chi connectivity index (χ1v) is 15.0. The Labute approximate surface area is 236 Å². The molecule has 1 aliphatic carbocycles. The summed E-state index contributed by atoms with van der Waals surface area (Å²) in [5.74, 6) is -1.69. The van der Waals surface area contributed by atoms with E-state index in [9.17, 15) is 18.0 Å². The highest BCUT2D eigenvalue weighted by molar-refractivity contribution is 7.92. The lowest BCUT2D eigenvalue weighted by atomic mass is 10.1. The number of halogens is 1. The molecule has 0 aromatic heterocycles. The number of nitrogens with zero attached hydrogens (tertiary/aromatic N) is 2. The molecule has 0 radical (unpaired) electrons. The Morgan fingerprint density at radius 1 is 0.950 bits per heavy atom. The van der Waals surface area contributed by atoms with Crippen molar-refractivity contribution in [2.45, 2.75) is 70.0 Å². The fourth-order valence-corrected chi connectivity index (χ4v) is 6.37. The number of rotatable bonds is 10. The van der Waals surface area contributed by atoms with Gasteiger partial charge in [0.05, 0.1) is 10.6 Å². The number of anilines is 1. The fraction of sp³-hybridized carbons (Fsp3) is 0.355. The monoisotopic (exact) mass is 565 g/mol. The van der Waals surface area contributed by atoms with Gasteiger partial charge in [0.1, 0.15) is 18.4 Å². The highest BCUT2D eigenvalue weighted by atomic mass is 32.2. The van der Waals surface area contributed by atoms with E-state index in [0.717, 1.165) is 52.7 Å². The summed E-state index contributed by atoms with van der Waals surface area (Å²) in [6.07, 6.45) is 3.86. The van der Waals surface area contributed by atoms with Gasteiger partial charge in [0, 0.05) is 12.6 Å². The molecule has 0 aliphatic heterocycles. The number of nitrogens with one attached hydrogen (secondary N) is 1. The van der Waals surface area contributed by atoms with Crippen LogP contribution in [0.4, 0.5) is 10.1 Å². The van der Waals surface area contributed by atoms with E-state index in [1.807, 2.05) is 38.1 Å². The third-order valence-corrected chi connectivity index (χ3v) is 9.25. The van der Waals surface area contributed by atoms with Gasteiger partial charge in [0.15, 0.2) is 0 Å². The maximum atomic E-state index is 15.0. The molecule has 0 heterocycles. The Morgan fingerprint density at radius 3 is 2.23 bits per heavy atom. The maximum Gasteiger partial charge on any atom is 0.264 e. The molecule has 3 aromatic rings. The minimum Gasteiger partial charge on any atom is -0.352 e. The number of carbonyl (C=O) groups excluding carboxylic acids is 2. The van der Waals surface area contributed by atoms with Gasteiger partial charge in [-0.05, 0) is 69.0 Å². The largest absolute Gasteiger partial charge is 0.352 e. The molecule has 4 rings (SSSR count). The molecule has 212 valence electrons. The first kappa shape index (κ1) is 29.3. The molecule has 0 unspecified atom stereocenters. The van der Waals surface area contributed by atoms with Crippen molar-refractivity contribution in [1.29, 1.82) is 0 Å². The summed E-state index contributed by atoms with van der Waals surface area (Å²) >= 11 is 0. The van der Waals surface area contributed by atoms with Crippen molar-refractivity contribution < 1.29 is 22.4 Å². The van der Waals surface area contributed by atoms with E-state index < -0.39 is 34.3 Å². The van der Waals surface area contributed by atoms with Crippen LogP contribution in [0.25, 0.3) is 0 Å². The second kappa shape index (κ2) is 12.6. The molecule has 0 bridgehead atoms. The summed E-state index contributed by atoms with van der Waals surface area (Å²) in [6, 6.07) is 18.3. The molecule has 0 saturated heterocycles. The zero-order valence-electron chi connectivity index (χ0n) is 23.1. The molecule has 9 heteroatoms. The van der Waals surface area contributed by atoms with Crippen molar-refractivity contribution in [3.63, 3.8) is 0 Å². The lowest BCUT2D eigenvalue weighted by Crippen LogP contribution is -2.52. The molecular formula is C31H36FN3O4S. The Bertz CT molecular complexity index is 1450. The maximum absolute atomic E-state index is 15.0. The Balaban J connectivity index is 1.70. The molecule has 1 saturated carbocycles. The topological polar surface area (TPSA) is 86.8 Å². The minimum atomic E-state index is -4.32. The number of carbonyl (C=O) groups is 2. The number of aryl methyl sites for hydroxylation is 2. The van der Waals surface area contributed by atoms with Crippen LogP contribution in [-0.2, 0) is 26.2 Å². The van der Waals surface area contributed by atoms with E-state index in [4.69, 9.17) is 0 Å². The number of benzene rings is 3. The van der Waals surface area contributed by atoms with Gasteiger partial charge in [-0.25, -0.2) is 12.8 Å². The van der Waals surface area contributed by atoms with Crippen molar-refractivity contribution in [1.82, 2.24) is 10.2 Å². The van der Waals surface area contributed by atoms with Crippen molar-refractivity contribution in [3.05, 3.63) is 95.3 Å². The third-order valence-electron chi connectivity index (χ3n) is 7.48. The van der Waals surface area contributed by atoms with E-state index in [2.05, 4.69) is 5.32 Å². The summed E-state index contributed by atoms with van der Waals surface area (Å²) in [7, 11) is -4.32. The molecule has 1 N–H and O–H groups in total. The zero-order valence-corrected chi connectivity index (χ0v) is 24.0. The SMILES string of the molecule is Cc1ccc(S(=O)(=O)N(CC(=O)N(Cc2ccccc2C)[C@H](C)C(=O)NC2CCCC2)c2ccccc2F)cc1. The predicted molar refractivity (Wildman–Crippen MR) is 154 cm³/mol. The quantitative estimate of drug-likeness (QED) is 0.370. The van der Waals surface area contributed by atoms with Gasteiger partial charge in [-0.15, -0.1) is 0 Å². The first-order chi connectivity index (χ1) is 19.1. The molecule has 2 amide bonds. The molecule has 1 atom stereocenters. The number of sulfonamides is 1. The van der Waals surface area contributed by atoms with Crippen LogP contribution in [0.2, 0.25) is 0 Å². The standard InChI is InChI=1S/C31H36FN3O4S/c1-22-16-18-27(19-17-22)40(38,39)35(29-15-9-8-14-28(29)32)21-30(36)34(20-25-11-5-4-10-23(25)2)24(3)31(37)33-26-12-6-7-13-26/h4-5,8-11,14-19,24,26H,6-7,12-13,20-21H2,1-3H3,(H,33,37)/t24-/m1/s1. The van der Waals surface area contributed by atoms with Gasteiger partial charge in [0.2, 0.25) is 11.8 Å². The van der Waals surface area contributed by atoms with Crippen LogP contribution >= 0.6 is 0 Å². The number of amides is 2. The summed E-state index contributed by atoms with van der Waals surface area (Å²) < 4.78 is 43.4. The van der Waals surface area contributed by atoms with Crippen molar-refractivity contribution in [2.75, 3.05) is 10.8 Å². The van der Waals surface area contributed by atoms with E-state index in [1.54, 1.807) is 19.1 Å². The lowest BCUT2D eigenvalue weighted by Gasteiger charge is -2.33. The highest BCUT2D eigenvalue weighted by Gasteiger charge is 2.34. The van der Waals surface area contributed by atoms with Crippen LogP contribution in [0.5, 0.6) is 0 Å². The van der Waals surface area contributed by atoms with Crippen LogP contribution in [0.15, 0.2) is 77.7 Å². The third kappa shape index (κ3) is 6.70. The van der Waals surface area contributed by atoms with E-state index in [0.29, 0.717) is 0 Å². The van der Waals surface area contributed by atoms with Gasteiger partial charge < -0.3 is 10.2 Å². The average molecular weight is 566 g/mol. The van der Waals surface area contributed by atoms with E-state index >= 15 is 4.39 Å². The molecule has 1 fully saturated rings. The van der Waals surface area contributed by atoms with Gasteiger partial charge in [-0.1, -0.05) is 66.9 Å². The fourth-order valence-electron chi connectivity index (χ4n) is 4.95. The van der Waals surface area contributed by atoms with E-state index in [-0.39, 0.29) is 29.1 Å². The Hall–Kier alpha value is -3.72. The summed E-state index contributed by atoms with van der Waals surface area (Å²) in [5.41, 5.74) is 2.38. The second-order valence-corrected chi connectivity index (χ2v) is 12.3. The summed E-state index contributed by atoms with van der Waals surface area (Å²) in [5, 5.41) is 3.05. The molecule has 40 heavy (non-hydrogen) atoms. The predicted octanol–water partition coefficient (Wildman–Crippen LogP) is 5.11. The van der Waals surface area contributed by atoms with E-state index in [1.165, 1.54) is 35.2 Å². The van der Waals surface area contributed by atoms with Gasteiger partial charge >= 0.3 is 0 Å². The Kier molecular flexibility index (Phi) is 9.25. The highest BCUT2D eigenvalue weighted by Crippen LogP contribution is 2.27. The van der Waals surface area contributed by atoms with Crippen LogP contribution in [0.1, 0.15) is 49.3 Å². The smallest absolute Gasteiger partial charge is 0.264 e. The van der Waals surface area contributed by atoms with Crippen molar-refractivity contribution in [3.8, 4) is 0 Å². The molecule has 7 nitrogen and oxygen atoms in total. The Morgan fingerprint density at radius 2 is 1.57 bits per heavy atom. The molecule has 3 aromatic carbocycles. The number of para-hydroxylation sites is 1. The molecule has 0 spiro atoms.